The molecule has 0 saturated carbocycles. The summed E-state index contributed by atoms with van der Waals surface area (Å²) in [5, 5.41) is 7.26. The van der Waals surface area contributed by atoms with Crippen molar-refractivity contribution in [2.75, 3.05) is 0 Å². The Balaban J connectivity index is 1.58. The maximum atomic E-state index is 6.29. The number of fused-ring (bicyclic) bond motifs is 3. The minimum absolute atomic E-state index is 0.0257. The van der Waals surface area contributed by atoms with Gasteiger partial charge < -0.3 is 4.42 Å². The van der Waals surface area contributed by atoms with Crippen LogP contribution in [0.25, 0.3) is 54.3 Å². The third-order valence-electron chi connectivity index (χ3n) is 7.61. The average Bonchev–Trinajstić information content (AvgIpc) is 3.40. The van der Waals surface area contributed by atoms with Gasteiger partial charge in [-0.1, -0.05) is 71.0 Å². The Morgan fingerprint density at radius 1 is 0.895 bits per heavy atom. The zero-order valence-electron chi connectivity index (χ0n) is 23.4. The monoisotopic (exact) mass is 517 g/mol. The highest BCUT2D eigenvalue weighted by molar-refractivity contribution is 7.17. The molecule has 0 bridgehead atoms. The lowest BCUT2D eigenvalue weighted by molar-refractivity contribution is 0.560. The number of benzene rings is 3. The summed E-state index contributed by atoms with van der Waals surface area (Å²) < 4.78 is 6.29. The van der Waals surface area contributed by atoms with Gasteiger partial charge in [-0.05, 0) is 94.3 Å². The molecule has 0 unspecified atom stereocenters. The number of pyridine rings is 1. The molecule has 0 fully saturated rings. The fourth-order valence-electron chi connectivity index (χ4n) is 5.75. The number of rotatable bonds is 4. The summed E-state index contributed by atoms with van der Waals surface area (Å²) in [6.07, 6.45) is 1.03. The number of thiophene rings is 1. The number of aromatic nitrogens is 1. The minimum Gasteiger partial charge on any atom is -0.461 e. The van der Waals surface area contributed by atoms with Crippen molar-refractivity contribution in [3.63, 3.8) is 0 Å². The van der Waals surface area contributed by atoms with Crippen LogP contribution in [0.3, 0.4) is 0 Å². The van der Waals surface area contributed by atoms with Gasteiger partial charge in [0.05, 0.1) is 5.69 Å². The molecule has 0 saturated heterocycles. The molecule has 3 heteroatoms. The van der Waals surface area contributed by atoms with E-state index in [0.29, 0.717) is 5.92 Å². The van der Waals surface area contributed by atoms with Gasteiger partial charge in [0.25, 0.3) is 0 Å². The highest BCUT2D eigenvalue weighted by atomic mass is 32.1. The van der Waals surface area contributed by atoms with Crippen LogP contribution in [-0.4, -0.2) is 4.98 Å². The van der Waals surface area contributed by atoms with Crippen molar-refractivity contribution in [2.24, 2.45) is 5.92 Å². The second kappa shape index (κ2) is 9.10. The van der Waals surface area contributed by atoms with Gasteiger partial charge in [-0.25, -0.2) is 4.98 Å². The van der Waals surface area contributed by atoms with Gasteiger partial charge in [0.1, 0.15) is 16.2 Å². The second-order valence-corrected chi connectivity index (χ2v) is 13.0. The van der Waals surface area contributed by atoms with Crippen molar-refractivity contribution in [3.05, 3.63) is 88.5 Å². The van der Waals surface area contributed by atoms with E-state index in [0.717, 1.165) is 33.9 Å². The highest BCUT2D eigenvalue weighted by Crippen LogP contribution is 2.41. The molecule has 2 nitrogen and oxygen atoms in total. The number of furan rings is 1. The molecule has 3 aromatic heterocycles. The Bertz CT molecular complexity index is 1830. The predicted molar refractivity (Wildman–Crippen MR) is 164 cm³/mol. The Morgan fingerprint density at radius 3 is 2.45 bits per heavy atom. The van der Waals surface area contributed by atoms with Gasteiger partial charge in [0.15, 0.2) is 0 Å². The van der Waals surface area contributed by atoms with Crippen molar-refractivity contribution in [1.29, 1.82) is 0 Å². The van der Waals surface area contributed by atoms with Crippen LogP contribution in [0.5, 0.6) is 0 Å². The van der Waals surface area contributed by atoms with E-state index in [1.165, 1.54) is 49.4 Å². The molecule has 3 aromatic carbocycles. The molecular weight excluding hydrogens is 482 g/mol. The van der Waals surface area contributed by atoms with Crippen molar-refractivity contribution in [1.82, 2.24) is 4.98 Å². The van der Waals surface area contributed by atoms with Crippen LogP contribution in [0.1, 0.15) is 57.1 Å². The third-order valence-corrected chi connectivity index (χ3v) is 8.60. The lowest BCUT2D eigenvalue weighted by Crippen LogP contribution is -2.12. The van der Waals surface area contributed by atoms with E-state index in [4.69, 9.17) is 9.40 Å². The minimum atomic E-state index is 0.0257. The Labute approximate surface area is 229 Å². The van der Waals surface area contributed by atoms with Crippen LogP contribution >= 0.6 is 11.3 Å². The molecule has 0 aliphatic rings. The van der Waals surface area contributed by atoms with Crippen LogP contribution in [0.4, 0.5) is 0 Å². The first-order chi connectivity index (χ1) is 18.1. The normalized spacial score (nSPS) is 12.4. The van der Waals surface area contributed by atoms with E-state index in [-0.39, 0.29) is 5.41 Å². The highest BCUT2D eigenvalue weighted by Gasteiger charge is 2.21. The van der Waals surface area contributed by atoms with E-state index < -0.39 is 0 Å². The van der Waals surface area contributed by atoms with E-state index in [9.17, 15) is 0 Å². The molecule has 3 heterocycles. The molecule has 192 valence electrons. The molecule has 0 aliphatic carbocycles. The van der Waals surface area contributed by atoms with Gasteiger partial charge in [0.2, 0.25) is 0 Å². The quantitative estimate of drug-likeness (QED) is 0.232. The first kappa shape index (κ1) is 24.9. The molecule has 0 aliphatic heterocycles. The van der Waals surface area contributed by atoms with Crippen LogP contribution in [0, 0.1) is 19.8 Å². The van der Waals surface area contributed by atoms with Crippen LogP contribution in [0.15, 0.2) is 70.5 Å². The lowest BCUT2D eigenvalue weighted by Gasteiger charge is -2.23. The molecule has 0 spiro atoms. The van der Waals surface area contributed by atoms with E-state index in [2.05, 4.69) is 115 Å². The first-order valence-corrected chi connectivity index (χ1v) is 14.4. The summed E-state index contributed by atoms with van der Waals surface area (Å²) in [5.41, 5.74) is 9.52. The zero-order valence-corrected chi connectivity index (χ0v) is 24.2. The number of hydrogen-bond donors (Lipinski definition) is 0. The van der Waals surface area contributed by atoms with Gasteiger partial charge in [0, 0.05) is 21.9 Å². The summed E-state index contributed by atoms with van der Waals surface area (Å²) in [7, 11) is 0. The van der Waals surface area contributed by atoms with Crippen LogP contribution < -0.4 is 0 Å². The maximum Gasteiger partial charge on any atom is 0.135 e. The molecule has 0 amide bonds. The van der Waals surface area contributed by atoms with Gasteiger partial charge in [-0.2, -0.15) is 0 Å². The van der Waals surface area contributed by atoms with Crippen molar-refractivity contribution < 1.29 is 4.42 Å². The van der Waals surface area contributed by atoms with E-state index >= 15 is 0 Å². The molecule has 6 aromatic rings. The summed E-state index contributed by atoms with van der Waals surface area (Å²) in [5.74, 6) is 1.62. The lowest BCUT2D eigenvalue weighted by atomic mass is 9.82. The van der Waals surface area contributed by atoms with Gasteiger partial charge in [-0.3, -0.25) is 0 Å². The Morgan fingerprint density at radius 2 is 1.68 bits per heavy atom. The zero-order chi connectivity index (χ0) is 26.8. The van der Waals surface area contributed by atoms with E-state index in [1.54, 1.807) is 11.3 Å². The first-order valence-electron chi connectivity index (χ1n) is 13.5. The topological polar surface area (TPSA) is 26.0 Å². The number of nitrogens with zero attached hydrogens (tertiary/aromatic N) is 1. The van der Waals surface area contributed by atoms with E-state index in [1.807, 2.05) is 0 Å². The summed E-state index contributed by atoms with van der Waals surface area (Å²) in [6, 6.07) is 22.4. The molecule has 6 rings (SSSR count). The fourth-order valence-corrected chi connectivity index (χ4v) is 6.69. The van der Waals surface area contributed by atoms with Crippen molar-refractivity contribution in [2.45, 2.75) is 60.3 Å². The Kier molecular flexibility index (Phi) is 5.96. The van der Waals surface area contributed by atoms with Crippen molar-refractivity contribution >= 4 is 43.3 Å². The second-order valence-electron chi connectivity index (χ2n) is 12.1. The largest absolute Gasteiger partial charge is 0.461 e. The number of aryl methyl sites for hydroxylation is 2. The predicted octanol–water partition coefficient (Wildman–Crippen LogP) is 10.6. The van der Waals surface area contributed by atoms with Gasteiger partial charge >= 0.3 is 0 Å². The van der Waals surface area contributed by atoms with Crippen LogP contribution in [0.2, 0.25) is 0 Å². The summed E-state index contributed by atoms with van der Waals surface area (Å²) in [4.78, 5) is 6.27. The number of hydrogen-bond acceptors (Lipinski definition) is 3. The fraction of sp³-hybridized carbons (Fsp3) is 0.286. The van der Waals surface area contributed by atoms with Crippen LogP contribution in [-0.2, 0) is 11.8 Å². The third kappa shape index (κ3) is 4.23. The smallest absolute Gasteiger partial charge is 0.135 e. The van der Waals surface area contributed by atoms with Gasteiger partial charge in [-0.15, -0.1) is 11.3 Å². The Hall–Kier alpha value is -3.43. The molecule has 0 N–H and O–H groups in total. The summed E-state index contributed by atoms with van der Waals surface area (Å²) >= 11 is 1.73. The molecule has 0 atom stereocenters. The molecule has 38 heavy (non-hydrogen) atoms. The maximum absolute atomic E-state index is 6.29. The molecular formula is C35H35NOS. The summed E-state index contributed by atoms with van der Waals surface area (Å²) in [6.45, 7) is 15.7. The SMILES string of the molecule is Cc1oc2cc(-c3cc(-c4cc(C(C)(C)C)c5ccccc5c4)nc4scc(C)c34)ccc2c1CC(C)C. The molecule has 0 radical (unpaired) electrons. The standard InChI is InChI=1S/C35H35NOS/c1-20(2)14-28-22(4)37-32-17-24(12-13-27(28)32)29-18-31(36-34-33(29)21(3)19-38-34)25-15-23-10-8-9-11-26(23)30(16-25)35(5,6)7/h8-13,15-20H,14H2,1-7H3. The average molecular weight is 518 g/mol. The van der Waals surface area contributed by atoms with Crippen molar-refractivity contribution in [3.8, 4) is 22.4 Å².